The third-order valence-electron chi connectivity index (χ3n) is 4.39. The SMILES string of the molecule is CN(Cc1ccc(C#N)cc1F)[C@@H]1CCCC[C@H]1S(C)(=O)=O. The summed E-state index contributed by atoms with van der Waals surface area (Å²) in [6.07, 6.45) is 4.69. The first-order valence-electron chi connectivity index (χ1n) is 7.40. The van der Waals surface area contributed by atoms with Gasteiger partial charge in [-0.2, -0.15) is 5.26 Å². The van der Waals surface area contributed by atoms with Crippen LogP contribution < -0.4 is 0 Å². The Bertz CT molecular complexity index is 682. The Kier molecular flexibility index (Phi) is 5.20. The number of nitrogens with zero attached hydrogens (tertiary/aromatic N) is 2. The van der Waals surface area contributed by atoms with Gasteiger partial charge in [0, 0.05) is 24.4 Å². The lowest BCUT2D eigenvalue weighted by Gasteiger charge is -2.37. The zero-order chi connectivity index (χ0) is 16.3. The van der Waals surface area contributed by atoms with Crippen molar-refractivity contribution in [1.82, 2.24) is 4.90 Å². The maximum Gasteiger partial charge on any atom is 0.151 e. The van der Waals surface area contributed by atoms with E-state index in [2.05, 4.69) is 0 Å². The minimum Gasteiger partial charge on any atom is -0.298 e. The van der Waals surface area contributed by atoms with Crippen LogP contribution in [0.15, 0.2) is 18.2 Å². The first kappa shape index (κ1) is 16.9. The summed E-state index contributed by atoms with van der Waals surface area (Å²) in [6.45, 7) is 0.341. The van der Waals surface area contributed by atoms with Crippen LogP contribution in [0.2, 0.25) is 0 Å². The van der Waals surface area contributed by atoms with Crippen LogP contribution in [-0.4, -0.2) is 37.9 Å². The monoisotopic (exact) mass is 324 g/mol. The van der Waals surface area contributed by atoms with E-state index in [0.717, 1.165) is 19.3 Å². The number of sulfone groups is 1. The number of nitriles is 1. The van der Waals surface area contributed by atoms with E-state index in [1.54, 1.807) is 12.1 Å². The van der Waals surface area contributed by atoms with Crippen LogP contribution in [0.25, 0.3) is 0 Å². The average Bonchev–Trinajstić information content (AvgIpc) is 2.48. The molecule has 0 aromatic heterocycles. The van der Waals surface area contributed by atoms with E-state index in [0.29, 0.717) is 18.5 Å². The predicted molar refractivity (Wildman–Crippen MR) is 83.5 cm³/mol. The molecular formula is C16H21FN2O2S. The molecule has 1 aromatic rings. The van der Waals surface area contributed by atoms with Gasteiger partial charge in [0.05, 0.1) is 16.9 Å². The lowest BCUT2D eigenvalue weighted by Crippen LogP contribution is -2.46. The maximum atomic E-state index is 14.0. The molecule has 1 aliphatic carbocycles. The lowest BCUT2D eigenvalue weighted by molar-refractivity contribution is 0.185. The van der Waals surface area contributed by atoms with Gasteiger partial charge >= 0.3 is 0 Å². The van der Waals surface area contributed by atoms with E-state index >= 15 is 0 Å². The van der Waals surface area contributed by atoms with Gasteiger partial charge in [-0.25, -0.2) is 12.8 Å². The summed E-state index contributed by atoms with van der Waals surface area (Å²) in [4.78, 5) is 1.93. The van der Waals surface area contributed by atoms with Gasteiger partial charge < -0.3 is 0 Å². The van der Waals surface area contributed by atoms with E-state index in [1.165, 1.54) is 12.3 Å². The minimum atomic E-state index is -3.11. The quantitative estimate of drug-likeness (QED) is 0.854. The Hall–Kier alpha value is -1.45. The molecule has 0 spiro atoms. The molecule has 22 heavy (non-hydrogen) atoms. The zero-order valence-corrected chi connectivity index (χ0v) is 13.7. The molecule has 0 amide bonds. The molecule has 1 saturated carbocycles. The van der Waals surface area contributed by atoms with Crippen LogP contribution in [0, 0.1) is 17.1 Å². The summed E-state index contributed by atoms with van der Waals surface area (Å²) in [7, 11) is -1.27. The van der Waals surface area contributed by atoms with Gasteiger partial charge in [0.2, 0.25) is 0 Å². The van der Waals surface area contributed by atoms with E-state index in [1.807, 2.05) is 18.0 Å². The summed E-state index contributed by atoms with van der Waals surface area (Å²) in [5, 5.41) is 8.39. The topological polar surface area (TPSA) is 61.2 Å². The molecule has 0 heterocycles. The molecule has 0 radical (unpaired) electrons. The Morgan fingerprint density at radius 3 is 2.64 bits per heavy atom. The van der Waals surface area contributed by atoms with Gasteiger partial charge in [-0.3, -0.25) is 4.90 Å². The van der Waals surface area contributed by atoms with Crippen LogP contribution in [-0.2, 0) is 16.4 Å². The molecule has 1 fully saturated rings. The second kappa shape index (κ2) is 6.76. The second-order valence-corrected chi connectivity index (χ2v) is 8.32. The van der Waals surface area contributed by atoms with Crippen molar-refractivity contribution in [2.24, 2.45) is 0 Å². The first-order chi connectivity index (χ1) is 10.3. The largest absolute Gasteiger partial charge is 0.298 e. The molecule has 120 valence electrons. The van der Waals surface area contributed by atoms with Crippen molar-refractivity contribution in [3.05, 3.63) is 35.1 Å². The molecule has 0 N–H and O–H groups in total. The fourth-order valence-corrected chi connectivity index (χ4v) is 4.72. The van der Waals surface area contributed by atoms with Crippen molar-refractivity contribution in [1.29, 1.82) is 5.26 Å². The second-order valence-electron chi connectivity index (χ2n) is 6.05. The summed E-state index contributed by atoms with van der Waals surface area (Å²) >= 11 is 0. The summed E-state index contributed by atoms with van der Waals surface area (Å²) in [5.74, 6) is -0.419. The highest BCUT2D eigenvalue weighted by atomic mass is 32.2. The van der Waals surface area contributed by atoms with Crippen molar-refractivity contribution in [2.75, 3.05) is 13.3 Å². The Morgan fingerprint density at radius 2 is 2.05 bits per heavy atom. The Morgan fingerprint density at radius 1 is 1.36 bits per heavy atom. The van der Waals surface area contributed by atoms with E-state index in [-0.39, 0.29) is 16.9 Å². The third-order valence-corrected chi connectivity index (χ3v) is 6.04. The average molecular weight is 324 g/mol. The predicted octanol–water partition coefficient (Wildman–Crippen LogP) is 2.48. The van der Waals surface area contributed by atoms with Crippen LogP contribution in [0.3, 0.4) is 0 Å². The normalized spacial score (nSPS) is 22.5. The molecule has 0 unspecified atom stereocenters. The van der Waals surface area contributed by atoms with Gasteiger partial charge in [0.1, 0.15) is 5.82 Å². The van der Waals surface area contributed by atoms with Gasteiger partial charge in [-0.05, 0) is 32.0 Å². The first-order valence-corrected chi connectivity index (χ1v) is 9.36. The third kappa shape index (κ3) is 3.84. The van der Waals surface area contributed by atoms with E-state index < -0.39 is 15.7 Å². The molecule has 4 nitrogen and oxygen atoms in total. The highest BCUT2D eigenvalue weighted by molar-refractivity contribution is 7.91. The van der Waals surface area contributed by atoms with Crippen molar-refractivity contribution in [3.63, 3.8) is 0 Å². The van der Waals surface area contributed by atoms with Crippen LogP contribution >= 0.6 is 0 Å². The van der Waals surface area contributed by atoms with Crippen LogP contribution in [0.1, 0.15) is 36.8 Å². The maximum absolute atomic E-state index is 14.0. The highest BCUT2D eigenvalue weighted by Crippen LogP contribution is 2.28. The number of rotatable bonds is 4. The molecular weight excluding hydrogens is 303 g/mol. The van der Waals surface area contributed by atoms with Crippen molar-refractivity contribution in [3.8, 4) is 6.07 Å². The molecule has 0 aliphatic heterocycles. The Balaban J connectivity index is 2.17. The van der Waals surface area contributed by atoms with Crippen LogP contribution in [0.4, 0.5) is 4.39 Å². The van der Waals surface area contributed by atoms with Gasteiger partial charge in [0.25, 0.3) is 0 Å². The number of hydrogen-bond acceptors (Lipinski definition) is 4. The van der Waals surface area contributed by atoms with Gasteiger partial charge in [-0.15, -0.1) is 0 Å². The van der Waals surface area contributed by atoms with E-state index in [4.69, 9.17) is 5.26 Å². The smallest absolute Gasteiger partial charge is 0.151 e. The fourth-order valence-electron chi connectivity index (χ4n) is 3.21. The standard InChI is InChI=1S/C16H21FN2O2S/c1-19(11-13-8-7-12(10-18)9-14(13)17)15-5-3-4-6-16(15)22(2,20)21/h7-9,15-16H,3-6,11H2,1-2H3/t15-,16-/m1/s1. The van der Waals surface area contributed by atoms with Crippen molar-refractivity contribution < 1.29 is 12.8 Å². The summed E-state index contributed by atoms with van der Waals surface area (Å²) in [5.41, 5.74) is 0.773. The highest BCUT2D eigenvalue weighted by Gasteiger charge is 2.35. The lowest BCUT2D eigenvalue weighted by atomic mass is 9.93. The molecule has 0 saturated heterocycles. The molecule has 6 heteroatoms. The van der Waals surface area contributed by atoms with Crippen molar-refractivity contribution in [2.45, 2.75) is 43.5 Å². The summed E-state index contributed by atoms with van der Waals surface area (Å²) < 4.78 is 37.9. The molecule has 2 atom stereocenters. The van der Waals surface area contributed by atoms with E-state index in [9.17, 15) is 12.8 Å². The zero-order valence-electron chi connectivity index (χ0n) is 12.9. The molecule has 1 aliphatic rings. The van der Waals surface area contributed by atoms with Gasteiger partial charge in [0.15, 0.2) is 9.84 Å². The molecule has 0 bridgehead atoms. The molecule has 1 aromatic carbocycles. The molecule has 2 rings (SSSR count). The number of hydrogen-bond donors (Lipinski definition) is 0. The minimum absolute atomic E-state index is 0.0845. The fraction of sp³-hybridized carbons (Fsp3) is 0.562. The Labute approximate surface area is 131 Å². The number of halogens is 1. The van der Waals surface area contributed by atoms with Gasteiger partial charge in [-0.1, -0.05) is 18.9 Å². The summed E-state index contributed by atoms with van der Waals surface area (Å²) in [6, 6.07) is 6.23. The van der Waals surface area contributed by atoms with Crippen molar-refractivity contribution >= 4 is 9.84 Å². The van der Waals surface area contributed by atoms with Crippen LogP contribution in [0.5, 0.6) is 0 Å². The number of benzene rings is 1.